The molecule has 1 N–H and O–H groups in total. The summed E-state index contributed by atoms with van der Waals surface area (Å²) in [4.78, 5) is 19.9. The monoisotopic (exact) mass is 380 g/mol. The van der Waals surface area contributed by atoms with Gasteiger partial charge < -0.3 is 14.8 Å². The molecule has 0 bridgehead atoms. The van der Waals surface area contributed by atoms with Crippen molar-refractivity contribution in [2.24, 2.45) is 7.05 Å². The second-order valence-corrected chi connectivity index (χ2v) is 6.99. The lowest BCUT2D eigenvalue weighted by atomic mass is 10.1. The predicted octanol–water partition coefficient (Wildman–Crippen LogP) is 2.98. The fourth-order valence-corrected chi connectivity index (χ4v) is 4.14. The highest BCUT2D eigenvalue weighted by molar-refractivity contribution is 7.20. The summed E-state index contributed by atoms with van der Waals surface area (Å²) in [5.74, 6) is 0.557. The highest BCUT2D eigenvalue weighted by Gasteiger charge is 2.31. The number of benzene rings is 1. The SMILES string of the molecule is Cl.Cn1ccnc1C1CNCCN1C(=O)c1cc2cc(F)ccc2s1. The van der Waals surface area contributed by atoms with Gasteiger partial charge in [-0.3, -0.25) is 4.79 Å². The van der Waals surface area contributed by atoms with Gasteiger partial charge in [0.15, 0.2) is 0 Å². The topological polar surface area (TPSA) is 50.2 Å². The maximum atomic E-state index is 13.4. The second-order valence-electron chi connectivity index (χ2n) is 5.91. The zero-order valence-corrected chi connectivity index (χ0v) is 15.2. The van der Waals surface area contributed by atoms with Crippen LogP contribution < -0.4 is 5.32 Å². The molecular formula is C17H18ClFN4OS. The van der Waals surface area contributed by atoms with Crippen LogP contribution in [0.25, 0.3) is 10.1 Å². The van der Waals surface area contributed by atoms with Crippen LogP contribution in [-0.4, -0.2) is 40.0 Å². The number of thiophene rings is 1. The number of hydrogen-bond donors (Lipinski definition) is 1. The average molecular weight is 381 g/mol. The first kappa shape index (κ1) is 17.8. The van der Waals surface area contributed by atoms with Gasteiger partial charge in [-0.1, -0.05) is 0 Å². The summed E-state index contributed by atoms with van der Waals surface area (Å²) in [6, 6.07) is 6.29. The molecule has 3 aromatic rings. The smallest absolute Gasteiger partial charge is 0.264 e. The number of rotatable bonds is 2. The molecule has 1 fully saturated rings. The van der Waals surface area contributed by atoms with Crippen molar-refractivity contribution in [3.8, 4) is 0 Å². The van der Waals surface area contributed by atoms with E-state index >= 15 is 0 Å². The molecule has 0 radical (unpaired) electrons. The largest absolute Gasteiger partial charge is 0.336 e. The highest BCUT2D eigenvalue weighted by atomic mass is 35.5. The molecule has 1 saturated heterocycles. The number of nitrogens with zero attached hydrogens (tertiary/aromatic N) is 3. The number of aryl methyl sites for hydroxylation is 1. The van der Waals surface area contributed by atoms with Crippen molar-refractivity contribution in [1.82, 2.24) is 19.8 Å². The quantitative estimate of drug-likeness (QED) is 0.743. The first-order chi connectivity index (χ1) is 11.6. The number of carbonyl (C=O) groups is 1. The minimum Gasteiger partial charge on any atom is -0.336 e. The van der Waals surface area contributed by atoms with Crippen molar-refractivity contribution in [2.75, 3.05) is 19.6 Å². The molecule has 1 amide bonds. The molecule has 1 unspecified atom stereocenters. The Morgan fingerprint density at radius 1 is 1.40 bits per heavy atom. The maximum Gasteiger partial charge on any atom is 0.264 e. The summed E-state index contributed by atoms with van der Waals surface area (Å²) in [6.07, 6.45) is 3.63. The Labute approximate surface area is 154 Å². The van der Waals surface area contributed by atoms with E-state index in [1.54, 1.807) is 18.3 Å². The van der Waals surface area contributed by atoms with Gasteiger partial charge in [0.2, 0.25) is 0 Å². The van der Waals surface area contributed by atoms with Gasteiger partial charge in [-0.05, 0) is 29.7 Å². The van der Waals surface area contributed by atoms with E-state index in [1.807, 2.05) is 22.7 Å². The molecule has 2 aromatic heterocycles. The number of amides is 1. The van der Waals surface area contributed by atoms with E-state index in [0.29, 0.717) is 18.0 Å². The van der Waals surface area contributed by atoms with Gasteiger partial charge in [-0.25, -0.2) is 9.37 Å². The standard InChI is InChI=1S/C17H17FN4OS.ClH/c1-21-6-5-20-16(21)13-10-19-4-7-22(13)17(23)15-9-11-8-12(18)2-3-14(11)24-15;/h2-3,5-6,8-9,13,19H,4,7,10H2,1H3;1H. The van der Waals surface area contributed by atoms with Gasteiger partial charge in [0.1, 0.15) is 17.7 Å². The average Bonchev–Trinajstić information content (AvgIpc) is 3.19. The summed E-state index contributed by atoms with van der Waals surface area (Å²) in [7, 11) is 1.93. The third kappa shape index (κ3) is 3.27. The Morgan fingerprint density at radius 2 is 2.24 bits per heavy atom. The Balaban J connectivity index is 0.00000182. The van der Waals surface area contributed by atoms with E-state index in [4.69, 9.17) is 0 Å². The molecule has 1 aromatic carbocycles. The van der Waals surface area contributed by atoms with E-state index < -0.39 is 0 Å². The van der Waals surface area contributed by atoms with E-state index in [0.717, 1.165) is 22.5 Å². The van der Waals surface area contributed by atoms with Gasteiger partial charge >= 0.3 is 0 Å². The first-order valence-corrected chi connectivity index (χ1v) is 8.63. The van der Waals surface area contributed by atoms with Gasteiger partial charge in [0, 0.05) is 43.8 Å². The zero-order chi connectivity index (χ0) is 16.7. The Hall–Kier alpha value is -1.96. The van der Waals surface area contributed by atoms with Crippen LogP contribution in [0.1, 0.15) is 21.5 Å². The zero-order valence-electron chi connectivity index (χ0n) is 13.6. The number of hydrogen-bond acceptors (Lipinski definition) is 4. The van der Waals surface area contributed by atoms with Crippen molar-refractivity contribution in [3.05, 3.63) is 53.2 Å². The number of carbonyl (C=O) groups excluding carboxylic acids is 1. The molecule has 8 heteroatoms. The van der Waals surface area contributed by atoms with Crippen LogP contribution in [0.2, 0.25) is 0 Å². The van der Waals surface area contributed by atoms with E-state index in [2.05, 4.69) is 10.3 Å². The molecule has 1 aliphatic heterocycles. The molecule has 1 aliphatic rings. The number of piperazine rings is 1. The fraction of sp³-hybridized carbons (Fsp3) is 0.294. The molecule has 1 atom stereocenters. The van der Waals surface area contributed by atoms with Crippen molar-refractivity contribution in [1.29, 1.82) is 0 Å². The van der Waals surface area contributed by atoms with Crippen LogP contribution >= 0.6 is 23.7 Å². The maximum absolute atomic E-state index is 13.4. The van der Waals surface area contributed by atoms with Crippen LogP contribution in [0.4, 0.5) is 4.39 Å². The van der Waals surface area contributed by atoms with Crippen LogP contribution in [-0.2, 0) is 7.05 Å². The Bertz CT molecular complexity index is 909. The number of nitrogens with one attached hydrogen (secondary N) is 1. The minimum atomic E-state index is -0.285. The first-order valence-electron chi connectivity index (χ1n) is 7.81. The van der Waals surface area contributed by atoms with E-state index in [-0.39, 0.29) is 30.2 Å². The summed E-state index contributed by atoms with van der Waals surface area (Å²) in [5.41, 5.74) is 0. The number of halogens is 2. The fourth-order valence-electron chi connectivity index (χ4n) is 3.14. The van der Waals surface area contributed by atoms with Gasteiger partial charge in [0.25, 0.3) is 5.91 Å². The molecule has 0 spiro atoms. The number of fused-ring (bicyclic) bond motifs is 1. The second kappa shape index (κ2) is 7.11. The van der Waals surface area contributed by atoms with Gasteiger partial charge in [0.05, 0.1) is 4.88 Å². The molecule has 0 aliphatic carbocycles. The van der Waals surface area contributed by atoms with Gasteiger partial charge in [-0.15, -0.1) is 23.7 Å². The highest BCUT2D eigenvalue weighted by Crippen LogP contribution is 2.30. The normalized spacial score (nSPS) is 17.5. The Kier molecular flexibility index (Phi) is 5.08. The van der Waals surface area contributed by atoms with Crippen molar-refractivity contribution in [3.63, 3.8) is 0 Å². The van der Waals surface area contributed by atoms with Crippen LogP contribution in [0, 0.1) is 5.82 Å². The molecule has 25 heavy (non-hydrogen) atoms. The van der Waals surface area contributed by atoms with Crippen molar-refractivity contribution < 1.29 is 9.18 Å². The molecule has 5 nitrogen and oxygen atoms in total. The molecule has 132 valence electrons. The molecule has 4 rings (SSSR count). The Morgan fingerprint density at radius 3 is 3.00 bits per heavy atom. The van der Waals surface area contributed by atoms with Gasteiger partial charge in [-0.2, -0.15) is 0 Å². The van der Waals surface area contributed by atoms with E-state index in [1.165, 1.54) is 23.5 Å². The summed E-state index contributed by atoms with van der Waals surface area (Å²) in [6.45, 7) is 2.06. The lowest BCUT2D eigenvalue weighted by Crippen LogP contribution is -2.49. The summed E-state index contributed by atoms with van der Waals surface area (Å²) in [5, 5.41) is 4.10. The predicted molar refractivity (Wildman–Crippen MR) is 98.9 cm³/mol. The molecular weight excluding hydrogens is 363 g/mol. The lowest BCUT2D eigenvalue weighted by Gasteiger charge is -2.35. The van der Waals surface area contributed by atoms with Crippen LogP contribution in [0.3, 0.4) is 0 Å². The minimum absolute atomic E-state index is 0. The molecule has 0 saturated carbocycles. The van der Waals surface area contributed by atoms with Crippen molar-refractivity contribution in [2.45, 2.75) is 6.04 Å². The number of aromatic nitrogens is 2. The van der Waals surface area contributed by atoms with Crippen LogP contribution in [0.15, 0.2) is 36.7 Å². The third-order valence-corrected chi connectivity index (χ3v) is 5.45. The summed E-state index contributed by atoms with van der Waals surface area (Å²) < 4.78 is 16.2. The third-order valence-electron chi connectivity index (χ3n) is 4.35. The summed E-state index contributed by atoms with van der Waals surface area (Å²) >= 11 is 1.41. The molecule has 3 heterocycles. The number of imidazole rings is 1. The van der Waals surface area contributed by atoms with E-state index in [9.17, 15) is 9.18 Å². The van der Waals surface area contributed by atoms with Crippen LogP contribution in [0.5, 0.6) is 0 Å². The lowest BCUT2D eigenvalue weighted by molar-refractivity contribution is 0.0626. The van der Waals surface area contributed by atoms with Crippen molar-refractivity contribution >= 4 is 39.7 Å².